The number of benzene rings is 2. The van der Waals surface area contributed by atoms with Gasteiger partial charge in [-0.25, -0.2) is 0 Å². The smallest absolute Gasteiger partial charge is 0.251 e. The van der Waals surface area contributed by atoms with Crippen molar-refractivity contribution in [1.29, 1.82) is 0 Å². The Balaban J connectivity index is 1.98. The first-order valence-corrected chi connectivity index (χ1v) is 5.84. The quantitative estimate of drug-likeness (QED) is 0.892. The van der Waals surface area contributed by atoms with Gasteiger partial charge in [-0.15, -0.1) is 0 Å². The highest BCUT2D eigenvalue weighted by molar-refractivity contribution is 6.30. The lowest BCUT2D eigenvalue weighted by Gasteiger charge is -2.05. The molecule has 0 radical (unpaired) electrons. The van der Waals surface area contributed by atoms with Crippen LogP contribution in [0.1, 0.15) is 15.9 Å². The minimum atomic E-state index is -0.221. The zero-order valence-electron chi connectivity index (χ0n) is 9.56. The van der Waals surface area contributed by atoms with Gasteiger partial charge >= 0.3 is 0 Å². The van der Waals surface area contributed by atoms with Gasteiger partial charge in [-0.3, -0.25) is 4.79 Å². The maximum absolute atomic E-state index is 11.8. The van der Waals surface area contributed by atoms with Gasteiger partial charge in [0, 0.05) is 17.1 Å². The summed E-state index contributed by atoms with van der Waals surface area (Å²) in [6.07, 6.45) is 0. The summed E-state index contributed by atoms with van der Waals surface area (Å²) in [7, 11) is 0. The van der Waals surface area contributed by atoms with Gasteiger partial charge in [0.1, 0.15) is 5.75 Å². The maximum Gasteiger partial charge on any atom is 0.251 e. The molecule has 1 amide bonds. The minimum absolute atomic E-state index is 0.0779. The Morgan fingerprint density at radius 2 is 1.89 bits per heavy atom. The van der Waals surface area contributed by atoms with Gasteiger partial charge in [-0.1, -0.05) is 29.8 Å². The van der Waals surface area contributed by atoms with Gasteiger partial charge in [0.05, 0.1) is 0 Å². The molecule has 2 aromatic carbocycles. The van der Waals surface area contributed by atoms with E-state index in [1.165, 1.54) is 12.1 Å². The molecule has 0 heterocycles. The largest absolute Gasteiger partial charge is 0.508 e. The van der Waals surface area contributed by atoms with E-state index in [0.717, 1.165) is 5.56 Å². The lowest BCUT2D eigenvalue weighted by molar-refractivity contribution is 0.0950. The van der Waals surface area contributed by atoms with Crippen molar-refractivity contribution in [2.24, 2.45) is 0 Å². The van der Waals surface area contributed by atoms with Crippen LogP contribution in [0, 0.1) is 0 Å². The number of aromatic hydroxyl groups is 1. The first-order chi connectivity index (χ1) is 8.65. The molecule has 0 saturated heterocycles. The SMILES string of the molecule is O=C(NCc1ccc(Cl)cc1)c1cccc(O)c1. The number of hydrogen-bond donors (Lipinski definition) is 2. The summed E-state index contributed by atoms with van der Waals surface area (Å²) in [5.74, 6) is -0.144. The third-order valence-electron chi connectivity index (χ3n) is 2.47. The summed E-state index contributed by atoms with van der Waals surface area (Å²) in [4.78, 5) is 11.8. The summed E-state index contributed by atoms with van der Waals surface area (Å²) in [5.41, 5.74) is 1.40. The number of phenols is 1. The Kier molecular flexibility index (Phi) is 3.85. The number of carbonyl (C=O) groups is 1. The zero-order valence-corrected chi connectivity index (χ0v) is 10.3. The number of rotatable bonds is 3. The third kappa shape index (κ3) is 3.25. The highest BCUT2D eigenvalue weighted by Crippen LogP contribution is 2.12. The molecule has 0 fully saturated rings. The first kappa shape index (κ1) is 12.5. The van der Waals surface area contributed by atoms with E-state index in [2.05, 4.69) is 5.32 Å². The van der Waals surface area contributed by atoms with E-state index < -0.39 is 0 Å². The lowest BCUT2D eigenvalue weighted by Crippen LogP contribution is -2.22. The Labute approximate surface area is 110 Å². The predicted molar refractivity (Wildman–Crippen MR) is 70.7 cm³/mol. The molecular formula is C14H12ClNO2. The molecule has 0 aliphatic heterocycles. The fourth-order valence-corrected chi connectivity index (χ4v) is 1.66. The number of halogens is 1. The third-order valence-corrected chi connectivity index (χ3v) is 2.73. The van der Waals surface area contributed by atoms with E-state index in [-0.39, 0.29) is 11.7 Å². The zero-order chi connectivity index (χ0) is 13.0. The van der Waals surface area contributed by atoms with Crippen molar-refractivity contribution in [3.8, 4) is 5.75 Å². The number of amides is 1. The van der Waals surface area contributed by atoms with E-state index in [9.17, 15) is 9.90 Å². The highest BCUT2D eigenvalue weighted by Gasteiger charge is 2.05. The number of carbonyl (C=O) groups excluding carboxylic acids is 1. The normalized spacial score (nSPS) is 10.1. The fraction of sp³-hybridized carbons (Fsp3) is 0.0714. The van der Waals surface area contributed by atoms with E-state index >= 15 is 0 Å². The van der Waals surface area contributed by atoms with Gasteiger partial charge in [0.2, 0.25) is 0 Å². The lowest BCUT2D eigenvalue weighted by atomic mass is 10.2. The van der Waals surface area contributed by atoms with Crippen LogP contribution in [-0.2, 0) is 6.54 Å². The first-order valence-electron chi connectivity index (χ1n) is 5.47. The molecule has 2 N–H and O–H groups in total. The number of nitrogens with one attached hydrogen (secondary N) is 1. The van der Waals surface area contributed by atoms with Crippen LogP contribution in [0.2, 0.25) is 5.02 Å². The van der Waals surface area contributed by atoms with Crippen LogP contribution in [0.3, 0.4) is 0 Å². The molecule has 0 atom stereocenters. The molecular weight excluding hydrogens is 250 g/mol. The Bertz CT molecular complexity index is 552. The van der Waals surface area contributed by atoms with Gasteiger partial charge in [-0.05, 0) is 35.9 Å². The van der Waals surface area contributed by atoms with Crippen molar-refractivity contribution in [2.75, 3.05) is 0 Å². The minimum Gasteiger partial charge on any atom is -0.508 e. The van der Waals surface area contributed by atoms with Gasteiger partial charge in [0.25, 0.3) is 5.91 Å². The van der Waals surface area contributed by atoms with Crippen LogP contribution in [0.4, 0.5) is 0 Å². The number of hydrogen-bond acceptors (Lipinski definition) is 2. The van der Waals surface area contributed by atoms with E-state index in [4.69, 9.17) is 11.6 Å². The van der Waals surface area contributed by atoms with Crippen molar-refractivity contribution in [1.82, 2.24) is 5.32 Å². The van der Waals surface area contributed by atoms with Gasteiger partial charge < -0.3 is 10.4 Å². The molecule has 0 aliphatic carbocycles. The van der Waals surface area contributed by atoms with Crippen molar-refractivity contribution in [3.63, 3.8) is 0 Å². The van der Waals surface area contributed by atoms with Crippen LogP contribution >= 0.6 is 11.6 Å². The Morgan fingerprint density at radius 1 is 1.17 bits per heavy atom. The van der Waals surface area contributed by atoms with E-state index in [0.29, 0.717) is 17.1 Å². The fourth-order valence-electron chi connectivity index (χ4n) is 1.53. The molecule has 0 spiro atoms. The van der Waals surface area contributed by atoms with Crippen LogP contribution in [0.25, 0.3) is 0 Å². The second-order valence-electron chi connectivity index (χ2n) is 3.86. The molecule has 92 valence electrons. The molecule has 0 aliphatic rings. The maximum atomic E-state index is 11.8. The summed E-state index contributed by atoms with van der Waals surface area (Å²) in [6, 6.07) is 13.5. The summed E-state index contributed by atoms with van der Waals surface area (Å²) in [6.45, 7) is 0.422. The average molecular weight is 262 g/mol. The molecule has 0 saturated carbocycles. The predicted octanol–water partition coefficient (Wildman–Crippen LogP) is 2.98. The van der Waals surface area contributed by atoms with Crippen molar-refractivity contribution >= 4 is 17.5 Å². The molecule has 2 rings (SSSR count). The van der Waals surface area contributed by atoms with Crippen LogP contribution in [0.15, 0.2) is 48.5 Å². The molecule has 4 heteroatoms. The Morgan fingerprint density at radius 3 is 2.56 bits per heavy atom. The second-order valence-corrected chi connectivity index (χ2v) is 4.30. The van der Waals surface area contributed by atoms with Crippen molar-refractivity contribution in [3.05, 3.63) is 64.7 Å². The van der Waals surface area contributed by atoms with Gasteiger partial charge in [-0.2, -0.15) is 0 Å². The standard InChI is InChI=1S/C14H12ClNO2/c15-12-6-4-10(5-7-12)9-16-14(18)11-2-1-3-13(17)8-11/h1-8,17H,9H2,(H,16,18). The molecule has 3 nitrogen and oxygen atoms in total. The second kappa shape index (κ2) is 5.56. The topological polar surface area (TPSA) is 49.3 Å². The van der Waals surface area contributed by atoms with Crippen LogP contribution < -0.4 is 5.32 Å². The summed E-state index contributed by atoms with van der Waals surface area (Å²) in [5, 5.41) is 12.7. The molecule has 2 aromatic rings. The monoisotopic (exact) mass is 261 g/mol. The van der Waals surface area contributed by atoms with E-state index in [1.54, 1.807) is 24.3 Å². The Hall–Kier alpha value is -2.00. The van der Waals surface area contributed by atoms with Gasteiger partial charge in [0.15, 0.2) is 0 Å². The van der Waals surface area contributed by atoms with Crippen LogP contribution in [0.5, 0.6) is 5.75 Å². The molecule has 0 bridgehead atoms. The number of phenolic OH excluding ortho intramolecular Hbond substituents is 1. The molecule has 0 aromatic heterocycles. The van der Waals surface area contributed by atoms with Crippen LogP contribution in [-0.4, -0.2) is 11.0 Å². The van der Waals surface area contributed by atoms with E-state index in [1.807, 2.05) is 12.1 Å². The summed E-state index contributed by atoms with van der Waals surface area (Å²) >= 11 is 5.77. The van der Waals surface area contributed by atoms with Crippen molar-refractivity contribution < 1.29 is 9.90 Å². The summed E-state index contributed by atoms with van der Waals surface area (Å²) < 4.78 is 0. The average Bonchev–Trinajstić information content (AvgIpc) is 2.38. The molecule has 0 unspecified atom stereocenters. The molecule has 18 heavy (non-hydrogen) atoms. The van der Waals surface area contributed by atoms with Crippen molar-refractivity contribution in [2.45, 2.75) is 6.54 Å². The highest BCUT2D eigenvalue weighted by atomic mass is 35.5.